The molecule has 2 aromatic rings. The van der Waals surface area contributed by atoms with E-state index >= 15 is 0 Å². The number of imide groups is 1. The smallest absolute Gasteiger partial charge is 0.335 e. The number of nitrogens with zero attached hydrogens (tertiary/aromatic N) is 1. The molecule has 0 aromatic heterocycles. The molecule has 0 fully saturated rings. The molecule has 0 saturated carbocycles. The lowest BCUT2D eigenvalue weighted by atomic mass is 10.1. The molecule has 0 spiro atoms. The third-order valence-corrected chi connectivity index (χ3v) is 4.59. The van der Waals surface area contributed by atoms with E-state index < -0.39 is 27.9 Å². The van der Waals surface area contributed by atoms with Crippen LogP contribution in [0.25, 0.3) is 0 Å². The number of hydroxylamine groups is 2. The SMILES string of the molecule is O=C(O)c1ccc2c(c1)C(=O)N(OS(=O)(=O)c1ccc(O)cc1)C2=O. The molecule has 0 aliphatic carbocycles. The highest BCUT2D eigenvalue weighted by molar-refractivity contribution is 7.86. The van der Waals surface area contributed by atoms with Crippen molar-refractivity contribution in [2.24, 2.45) is 0 Å². The van der Waals surface area contributed by atoms with Gasteiger partial charge in [-0.3, -0.25) is 9.59 Å². The zero-order chi connectivity index (χ0) is 18.4. The second-order valence-electron chi connectivity index (χ2n) is 4.99. The van der Waals surface area contributed by atoms with Crippen molar-refractivity contribution >= 4 is 27.9 Å². The van der Waals surface area contributed by atoms with Crippen LogP contribution in [0.2, 0.25) is 0 Å². The Labute approximate surface area is 140 Å². The van der Waals surface area contributed by atoms with E-state index in [4.69, 9.17) is 5.11 Å². The third kappa shape index (κ3) is 2.84. The number of hydrogen-bond acceptors (Lipinski definition) is 7. The van der Waals surface area contributed by atoms with Gasteiger partial charge in [0.25, 0.3) is 11.8 Å². The first-order valence-electron chi connectivity index (χ1n) is 6.70. The summed E-state index contributed by atoms with van der Waals surface area (Å²) in [4.78, 5) is 35.0. The van der Waals surface area contributed by atoms with Gasteiger partial charge in [-0.1, -0.05) is 0 Å². The second kappa shape index (κ2) is 5.69. The van der Waals surface area contributed by atoms with E-state index in [1.165, 1.54) is 0 Å². The molecule has 25 heavy (non-hydrogen) atoms. The van der Waals surface area contributed by atoms with Gasteiger partial charge in [-0.15, -0.1) is 9.35 Å². The summed E-state index contributed by atoms with van der Waals surface area (Å²) in [5.41, 5.74) is -0.676. The van der Waals surface area contributed by atoms with Crippen molar-refractivity contribution in [2.75, 3.05) is 0 Å². The number of carboxylic acid groups (broad SMARTS) is 1. The van der Waals surface area contributed by atoms with Gasteiger partial charge in [0.05, 0.1) is 21.6 Å². The lowest BCUT2D eigenvalue weighted by Gasteiger charge is -2.12. The van der Waals surface area contributed by atoms with E-state index in [0.717, 1.165) is 42.5 Å². The first-order valence-corrected chi connectivity index (χ1v) is 8.11. The fourth-order valence-electron chi connectivity index (χ4n) is 2.17. The number of carboxylic acids is 1. The average Bonchev–Trinajstić information content (AvgIpc) is 2.79. The van der Waals surface area contributed by atoms with Crippen LogP contribution in [0.4, 0.5) is 0 Å². The molecule has 9 nitrogen and oxygen atoms in total. The van der Waals surface area contributed by atoms with E-state index in [0.29, 0.717) is 0 Å². The highest BCUT2D eigenvalue weighted by Crippen LogP contribution is 2.27. The van der Waals surface area contributed by atoms with Gasteiger partial charge in [0, 0.05) is 0 Å². The Morgan fingerprint density at radius 1 is 0.960 bits per heavy atom. The number of aromatic hydroxyl groups is 1. The van der Waals surface area contributed by atoms with Crippen molar-refractivity contribution in [1.82, 2.24) is 5.06 Å². The van der Waals surface area contributed by atoms with Crippen LogP contribution < -0.4 is 0 Å². The van der Waals surface area contributed by atoms with Crippen LogP contribution in [0.5, 0.6) is 5.75 Å². The van der Waals surface area contributed by atoms with Gasteiger partial charge in [0.2, 0.25) is 0 Å². The minimum atomic E-state index is -4.51. The zero-order valence-corrected chi connectivity index (χ0v) is 13.1. The fourth-order valence-corrected chi connectivity index (χ4v) is 3.06. The van der Waals surface area contributed by atoms with E-state index in [-0.39, 0.29) is 32.4 Å². The Hall–Kier alpha value is -3.24. The quantitative estimate of drug-likeness (QED) is 0.767. The molecule has 0 unspecified atom stereocenters. The maximum atomic E-state index is 12.2. The summed E-state index contributed by atoms with van der Waals surface area (Å²) in [5.74, 6) is -3.61. The molecule has 0 atom stereocenters. The maximum absolute atomic E-state index is 12.2. The van der Waals surface area contributed by atoms with E-state index in [1.807, 2.05) is 0 Å². The normalized spacial score (nSPS) is 13.8. The molecule has 1 aliphatic heterocycles. The summed E-state index contributed by atoms with van der Waals surface area (Å²) in [6.45, 7) is 0. The van der Waals surface area contributed by atoms with Crippen molar-refractivity contribution in [1.29, 1.82) is 0 Å². The third-order valence-electron chi connectivity index (χ3n) is 3.39. The fraction of sp³-hybridized carbons (Fsp3) is 0. The largest absolute Gasteiger partial charge is 0.508 e. The number of benzene rings is 2. The minimum absolute atomic E-state index is 0.0541. The van der Waals surface area contributed by atoms with Crippen molar-refractivity contribution in [2.45, 2.75) is 4.90 Å². The minimum Gasteiger partial charge on any atom is -0.508 e. The summed E-state index contributed by atoms with van der Waals surface area (Å²) < 4.78 is 29.0. The Kier molecular flexibility index (Phi) is 3.78. The van der Waals surface area contributed by atoms with Gasteiger partial charge in [-0.25, -0.2) is 4.79 Å². The van der Waals surface area contributed by atoms with Crippen molar-refractivity contribution in [3.05, 3.63) is 59.2 Å². The summed E-state index contributed by atoms with van der Waals surface area (Å²) >= 11 is 0. The molecule has 2 amide bonds. The Morgan fingerprint density at radius 3 is 2.16 bits per heavy atom. The predicted molar refractivity (Wildman–Crippen MR) is 80.3 cm³/mol. The van der Waals surface area contributed by atoms with Crippen LogP contribution in [0, 0.1) is 0 Å². The second-order valence-corrected chi connectivity index (χ2v) is 6.52. The van der Waals surface area contributed by atoms with Gasteiger partial charge >= 0.3 is 16.1 Å². The molecule has 0 bridgehead atoms. The van der Waals surface area contributed by atoms with Gasteiger partial charge < -0.3 is 10.2 Å². The molecule has 10 heteroatoms. The summed E-state index contributed by atoms with van der Waals surface area (Å²) in [5, 5.41) is 18.2. The molecule has 2 aromatic carbocycles. The van der Waals surface area contributed by atoms with Crippen LogP contribution in [0.1, 0.15) is 31.1 Å². The van der Waals surface area contributed by atoms with Crippen LogP contribution >= 0.6 is 0 Å². The molecule has 1 aliphatic rings. The number of amides is 2. The molecule has 128 valence electrons. The number of carbonyl (C=O) groups excluding carboxylic acids is 2. The van der Waals surface area contributed by atoms with Crippen molar-refractivity contribution < 1.29 is 37.3 Å². The number of aromatic carboxylic acids is 1. The number of hydrogen-bond donors (Lipinski definition) is 2. The zero-order valence-electron chi connectivity index (χ0n) is 12.2. The number of carbonyl (C=O) groups is 3. The van der Waals surface area contributed by atoms with Gasteiger partial charge in [-0.2, -0.15) is 8.42 Å². The lowest BCUT2D eigenvalue weighted by Crippen LogP contribution is -2.32. The molecule has 1 heterocycles. The van der Waals surface area contributed by atoms with Crippen molar-refractivity contribution in [3.8, 4) is 5.75 Å². The number of phenols is 1. The monoisotopic (exact) mass is 363 g/mol. The molecule has 0 saturated heterocycles. The van der Waals surface area contributed by atoms with Gasteiger partial charge in [0.15, 0.2) is 0 Å². The number of phenolic OH excluding ortho intramolecular Hbond substituents is 1. The maximum Gasteiger partial charge on any atom is 0.335 e. The van der Waals surface area contributed by atoms with Crippen LogP contribution in [-0.2, 0) is 14.4 Å². The highest BCUT2D eigenvalue weighted by atomic mass is 32.2. The Morgan fingerprint density at radius 2 is 1.56 bits per heavy atom. The van der Waals surface area contributed by atoms with Gasteiger partial charge in [-0.05, 0) is 42.5 Å². The lowest BCUT2D eigenvalue weighted by molar-refractivity contribution is -0.0103. The Bertz CT molecular complexity index is 1010. The first kappa shape index (κ1) is 16.6. The summed E-state index contributed by atoms with van der Waals surface area (Å²) in [6.07, 6.45) is 0. The van der Waals surface area contributed by atoms with E-state index in [2.05, 4.69) is 4.28 Å². The topological polar surface area (TPSA) is 138 Å². The van der Waals surface area contributed by atoms with E-state index in [1.54, 1.807) is 0 Å². The average molecular weight is 363 g/mol. The Balaban J connectivity index is 1.94. The molecular weight excluding hydrogens is 354 g/mol. The summed E-state index contributed by atoms with van der Waals surface area (Å²) in [7, 11) is -4.51. The van der Waals surface area contributed by atoms with Crippen LogP contribution in [0.15, 0.2) is 47.4 Å². The summed E-state index contributed by atoms with van der Waals surface area (Å²) in [6, 6.07) is 7.44. The predicted octanol–water partition coefficient (Wildman–Crippen LogP) is 1.01. The molecule has 0 radical (unpaired) electrons. The molecule has 3 rings (SSSR count). The highest BCUT2D eigenvalue weighted by Gasteiger charge is 2.40. The number of rotatable bonds is 4. The van der Waals surface area contributed by atoms with Crippen LogP contribution in [-0.4, -0.2) is 41.5 Å². The molecule has 2 N–H and O–H groups in total. The number of fused-ring (bicyclic) bond motifs is 1. The van der Waals surface area contributed by atoms with Crippen molar-refractivity contribution in [3.63, 3.8) is 0 Å². The van der Waals surface area contributed by atoms with Gasteiger partial charge in [0.1, 0.15) is 5.75 Å². The standard InChI is InChI=1S/C15H9NO8S/c17-9-2-4-10(5-3-9)25(22,23)24-16-13(18)11-6-1-8(15(20)21)7-12(11)14(16)19/h1-7,17H,(H,20,21). The molecular formula is C15H9NO8S. The first-order chi connectivity index (χ1) is 11.7. The van der Waals surface area contributed by atoms with E-state index in [9.17, 15) is 27.9 Å². The van der Waals surface area contributed by atoms with Crippen LogP contribution in [0.3, 0.4) is 0 Å².